The van der Waals surface area contributed by atoms with Gasteiger partial charge in [0.25, 0.3) is 0 Å². The number of urea groups is 1. The van der Waals surface area contributed by atoms with Gasteiger partial charge in [-0.3, -0.25) is 14.5 Å². The molecule has 2 aliphatic rings. The van der Waals surface area contributed by atoms with Gasteiger partial charge >= 0.3 is 6.03 Å². The molecule has 0 radical (unpaired) electrons. The van der Waals surface area contributed by atoms with Gasteiger partial charge in [-0.1, -0.05) is 43.0 Å². The van der Waals surface area contributed by atoms with Crippen molar-refractivity contribution in [1.82, 2.24) is 9.80 Å². The standard InChI is InChI=1S/C26H25N5O3/c1-2-25(33)29-13-20(14-29)30-12-18-8-7-17(10-23(18)31(26(30)34)15-24(28)32)22-11-19(27)9-16-5-3-4-6-21(16)22/h2-11,20H,1,12-15,27H2,(H2,28,32). The normalized spacial score (nSPS) is 15.8. The van der Waals surface area contributed by atoms with Gasteiger partial charge in [-0.25, -0.2) is 4.79 Å². The monoisotopic (exact) mass is 455 g/mol. The van der Waals surface area contributed by atoms with E-state index in [2.05, 4.69) is 6.58 Å². The van der Waals surface area contributed by atoms with Crippen LogP contribution in [-0.2, 0) is 16.1 Å². The first-order chi connectivity index (χ1) is 16.4. The molecule has 4 N–H and O–H groups in total. The number of primary amides is 1. The van der Waals surface area contributed by atoms with Crippen LogP contribution in [0.5, 0.6) is 0 Å². The topological polar surface area (TPSA) is 113 Å². The molecular weight excluding hydrogens is 430 g/mol. The number of hydrogen-bond acceptors (Lipinski definition) is 4. The molecular formula is C26H25N5O3. The summed E-state index contributed by atoms with van der Waals surface area (Å²) in [6.45, 7) is 4.54. The van der Waals surface area contributed by atoms with Gasteiger partial charge in [0.2, 0.25) is 11.8 Å². The minimum absolute atomic E-state index is 0.127. The van der Waals surface area contributed by atoms with Crippen LogP contribution >= 0.6 is 0 Å². The predicted molar refractivity (Wildman–Crippen MR) is 132 cm³/mol. The molecule has 0 atom stereocenters. The van der Waals surface area contributed by atoms with Crippen molar-refractivity contribution in [2.24, 2.45) is 5.73 Å². The molecule has 8 nitrogen and oxygen atoms in total. The van der Waals surface area contributed by atoms with Gasteiger partial charge in [-0.15, -0.1) is 0 Å². The van der Waals surface area contributed by atoms with E-state index in [-0.39, 0.29) is 24.5 Å². The fourth-order valence-electron chi connectivity index (χ4n) is 4.75. The number of anilines is 2. The highest BCUT2D eigenvalue weighted by molar-refractivity contribution is 6.03. The van der Waals surface area contributed by atoms with Crippen LogP contribution in [0.25, 0.3) is 21.9 Å². The number of nitrogens with two attached hydrogens (primary N) is 2. The smallest absolute Gasteiger partial charge is 0.325 e. The molecule has 8 heteroatoms. The van der Waals surface area contributed by atoms with Crippen LogP contribution in [0.2, 0.25) is 0 Å². The number of nitrogen functional groups attached to an aromatic ring is 1. The third kappa shape index (κ3) is 3.63. The molecule has 0 saturated carbocycles. The summed E-state index contributed by atoms with van der Waals surface area (Å²) in [7, 11) is 0. The highest BCUT2D eigenvalue weighted by atomic mass is 16.2. The first-order valence-electron chi connectivity index (χ1n) is 11.0. The quantitative estimate of drug-likeness (QED) is 0.455. The highest BCUT2D eigenvalue weighted by Crippen LogP contribution is 2.38. The fraction of sp³-hybridized carbons (Fsp3) is 0.192. The maximum absolute atomic E-state index is 13.4. The second-order valence-electron chi connectivity index (χ2n) is 8.70. The summed E-state index contributed by atoms with van der Waals surface area (Å²) in [4.78, 5) is 41.9. The summed E-state index contributed by atoms with van der Waals surface area (Å²) >= 11 is 0. The molecule has 34 heavy (non-hydrogen) atoms. The predicted octanol–water partition coefficient (Wildman–Crippen LogP) is 2.71. The van der Waals surface area contributed by atoms with Crippen LogP contribution < -0.4 is 16.4 Å². The van der Waals surface area contributed by atoms with Crippen molar-refractivity contribution in [3.8, 4) is 11.1 Å². The molecule has 0 aliphatic carbocycles. The lowest BCUT2D eigenvalue weighted by Gasteiger charge is -2.48. The molecule has 0 bridgehead atoms. The van der Waals surface area contributed by atoms with Crippen LogP contribution in [0.3, 0.4) is 0 Å². The Labute approximate surface area is 197 Å². The van der Waals surface area contributed by atoms with Gasteiger partial charge in [0.1, 0.15) is 6.54 Å². The molecule has 1 saturated heterocycles. The van der Waals surface area contributed by atoms with Gasteiger partial charge < -0.3 is 21.3 Å². The largest absolute Gasteiger partial charge is 0.399 e. The second kappa shape index (κ2) is 8.22. The number of benzene rings is 3. The second-order valence-corrected chi connectivity index (χ2v) is 8.70. The Hall–Kier alpha value is -4.33. The Morgan fingerprint density at radius 1 is 1.09 bits per heavy atom. The average molecular weight is 456 g/mol. The van der Waals surface area contributed by atoms with Gasteiger partial charge in [0.05, 0.1) is 11.7 Å². The van der Waals surface area contributed by atoms with Crippen LogP contribution in [0.4, 0.5) is 16.2 Å². The van der Waals surface area contributed by atoms with Crippen molar-refractivity contribution < 1.29 is 14.4 Å². The van der Waals surface area contributed by atoms with E-state index >= 15 is 0 Å². The molecule has 2 heterocycles. The van der Waals surface area contributed by atoms with Gasteiger partial charge in [-0.05, 0) is 51.7 Å². The minimum Gasteiger partial charge on any atom is -0.399 e. The molecule has 3 aromatic carbocycles. The van der Waals surface area contributed by atoms with Crippen LogP contribution in [-0.4, -0.2) is 53.3 Å². The molecule has 0 spiro atoms. The first kappa shape index (κ1) is 21.5. The summed E-state index contributed by atoms with van der Waals surface area (Å²) in [5, 5.41) is 2.07. The summed E-state index contributed by atoms with van der Waals surface area (Å²) in [5.74, 6) is -0.757. The Kier molecular flexibility index (Phi) is 5.20. The van der Waals surface area contributed by atoms with Gasteiger partial charge in [0, 0.05) is 25.3 Å². The van der Waals surface area contributed by atoms with Crippen LogP contribution in [0.15, 0.2) is 67.3 Å². The number of carbonyl (C=O) groups is 3. The fourth-order valence-corrected chi connectivity index (χ4v) is 4.75. The summed E-state index contributed by atoms with van der Waals surface area (Å²) in [6.07, 6.45) is 1.27. The maximum Gasteiger partial charge on any atom is 0.325 e. The molecule has 2 aliphatic heterocycles. The number of nitrogens with zero attached hydrogens (tertiary/aromatic N) is 3. The van der Waals surface area contributed by atoms with Gasteiger partial charge in [-0.2, -0.15) is 0 Å². The Bertz CT molecular complexity index is 1350. The zero-order valence-corrected chi connectivity index (χ0v) is 18.6. The van der Waals surface area contributed by atoms with Crippen molar-refractivity contribution in [1.29, 1.82) is 0 Å². The lowest BCUT2D eigenvalue weighted by Crippen LogP contribution is -2.65. The SMILES string of the molecule is C=CC(=O)N1CC(N2Cc3ccc(-c4cc(N)cc5ccccc45)cc3N(CC(N)=O)C2=O)C1. The Morgan fingerprint density at radius 3 is 2.59 bits per heavy atom. The lowest BCUT2D eigenvalue weighted by molar-refractivity contribution is -0.132. The molecule has 1 fully saturated rings. The van der Waals surface area contributed by atoms with Crippen LogP contribution in [0, 0.1) is 0 Å². The van der Waals surface area contributed by atoms with Gasteiger partial charge in [0.15, 0.2) is 0 Å². The molecule has 0 unspecified atom stereocenters. The Balaban J connectivity index is 1.53. The number of carbonyl (C=O) groups excluding carboxylic acids is 3. The molecule has 3 aromatic rings. The zero-order valence-electron chi connectivity index (χ0n) is 18.6. The van der Waals surface area contributed by atoms with E-state index < -0.39 is 5.91 Å². The minimum atomic E-state index is -0.599. The maximum atomic E-state index is 13.4. The van der Waals surface area contributed by atoms with E-state index in [0.717, 1.165) is 27.5 Å². The Morgan fingerprint density at radius 2 is 1.85 bits per heavy atom. The van der Waals surface area contributed by atoms with E-state index in [4.69, 9.17) is 11.5 Å². The number of likely N-dealkylation sites (tertiary alicyclic amines) is 1. The van der Waals surface area contributed by atoms with Crippen molar-refractivity contribution >= 4 is 40.0 Å². The van der Waals surface area contributed by atoms with E-state index in [0.29, 0.717) is 31.0 Å². The summed E-state index contributed by atoms with van der Waals surface area (Å²) in [6, 6.07) is 17.3. The molecule has 4 amide bonds. The third-order valence-corrected chi connectivity index (χ3v) is 6.49. The highest BCUT2D eigenvalue weighted by Gasteiger charge is 2.41. The van der Waals surface area contributed by atoms with Crippen molar-refractivity contribution in [3.05, 3.63) is 72.8 Å². The van der Waals surface area contributed by atoms with Crippen LogP contribution in [0.1, 0.15) is 5.56 Å². The molecule has 5 rings (SSSR count). The van der Waals surface area contributed by atoms with Crippen molar-refractivity contribution in [3.63, 3.8) is 0 Å². The van der Waals surface area contributed by atoms with E-state index in [9.17, 15) is 14.4 Å². The number of amides is 4. The number of hydrogen-bond donors (Lipinski definition) is 2. The summed E-state index contributed by atoms with van der Waals surface area (Å²) in [5.41, 5.74) is 15.7. The molecule has 0 aromatic heterocycles. The van der Waals surface area contributed by atoms with Crippen molar-refractivity contribution in [2.45, 2.75) is 12.6 Å². The third-order valence-electron chi connectivity index (χ3n) is 6.49. The lowest BCUT2D eigenvalue weighted by atomic mass is 9.94. The van der Waals surface area contributed by atoms with Crippen molar-refractivity contribution in [2.75, 3.05) is 30.3 Å². The van der Waals surface area contributed by atoms with E-state index in [1.54, 1.807) is 9.80 Å². The molecule has 172 valence electrons. The van der Waals surface area contributed by atoms with E-state index in [1.807, 2.05) is 54.6 Å². The zero-order chi connectivity index (χ0) is 24.0. The summed E-state index contributed by atoms with van der Waals surface area (Å²) < 4.78 is 0. The number of rotatable bonds is 5. The first-order valence-corrected chi connectivity index (χ1v) is 11.0. The van der Waals surface area contributed by atoms with E-state index in [1.165, 1.54) is 11.0 Å². The average Bonchev–Trinajstić information content (AvgIpc) is 2.79. The number of fused-ring (bicyclic) bond motifs is 2.